The molecule has 10 rings (SSSR count). The summed E-state index contributed by atoms with van der Waals surface area (Å²) in [7, 11) is 0. The summed E-state index contributed by atoms with van der Waals surface area (Å²) in [4.78, 5) is 14.2. The van der Waals surface area contributed by atoms with Crippen molar-refractivity contribution in [3.05, 3.63) is 151 Å². The highest BCUT2D eigenvalue weighted by atomic mass is 32.2. The van der Waals surface area contributed by atoms with Gasteiger partial charge < -0.3 is 0 Å². The third kappa shape index (κ3) is 6.39. The molecular formula is C43H24S8. The Hall–Kier alpha value is -3.67. The molecule has 2 unspecified atom stereocenters. The monoisotopic (exact) mass is 796 g/mol. The van der Waals surface area contributed by atoms with Gasteiger partial charge in [-0.2, -0.15) is 0 Å². The van der Waals surface area contributed by atoms with Crippen LogP contribution in [0.4, 0.5) is 0 Å². The Bertz CT molecular complexity index is 2660. The lowest BCUT2D eigenvalue weighted by molar-refractivity contribution is 0.879. The fraction of sp³-hybridized carbons (Fsp3) is 0.0698. The van der Waals surface area contributed by atoms with Gasteiger partial charge in [-0.3, -0.25) is 0 Å². The lowest BCUT2D eigenvalue weighted by atomic mass is 9.88. The van der Waals surface area contributed by atoms with Crippen molar-refractivity contribution in [2.75, 3.05) is 0 Å². The standard InChI is InChI=1S/C43H24S8/c1-3-33(44-23-1)35-19-21-39(48-35)37-17-12-28(46-37)10-5-26-7-14-30-32(16-9-26)50-43-42(30)31-15-8-27(25-41(31)51-43)6-11-29-13-18-38(47-29)40-22-20-36(49-40)34-4-2-24-45-34/h1-4,7-9,12-15,17-25,31,41H,16H2. The maximum absolute atomic E-state index is 3.48. The van der Waals surface area contributed by atoms with Crippen LogP contribution in [0.3, 0.4) is 0 Å². The van der Waals surface area contributed by atoms with Crippen molar-refractivity contribution in [2.24, 2.45) is 0 Å². The quantitative estimate of drug-likeness (QED) is 0.160. The van der Waals surface area contributed by atoms with Gasteiger partial charge in [-0.25, -0.2) is 0 Å². The highest BCUT2D eigenvalue weighted by Crippen LogP contribution is 2.55. The Balaban J connectivity index is 0.810. The van der Waals surface area contributed by atoms with E-state index >= 15 is 0 Å². The van der Waals surface area contributed by atoms with E-state index in [1.807, 2.05) is 45.8 Å². The largest absolute Gasteiger partial charge is 0.143 e. The molecule has 1 aliphatic heterocycles. The van der Waals surface area contributed by atoms with Gasteiger partial charge >= 0.3 is 0 Å². The third-order valence-corrected chi connectivity index (χ3v) is 18.2. The molecule has 8 heterocycles. The number of thioether (sulfide) groups is 1. The fourth-order valence-corrected chi connectivity index (χ4v) is 15.0. The van der Waals surface area contributed by atoms with E-state index in [0.717, 1.165) is 27.3 Å². The molecule has 0 fully saturated rings. The second-order valence-electron chi connectivity index (χ2n) is 12.0. The first kappa shape index (κ1) is 32.0. The SMILES string of the molecule is C(#Cc1ccc(-c2ccc(-c3cccs3)s2)s1)C1=CCc2sc3c(c2C=C1)C1C=CC(C#Cc2ccc(-c4ccc(-c5cccs5)s4)s2)=CC1S3. The lowest BCUT2D eigenvalue weighted by Gasteiger charge is -2.18. The van der Waals surface area contributed by atoms with Crippen LogP contribution in [-0.2, 0) is 6.42 Å². The van der Waals surface area contributed by atoms with Gasteiger partial charge in [0, 0.05) is 72.6 Å². The normalized spacial score (nSPS) is 17.0. The van der Waals surface area contributed by atoms with Crippen molar-refractivity contribution in [1.29, 1.82) is 0 Å². The minimum Gasteiger partial charge on any atom is -0.143 e. The molecule has 0 saturated heterocycles. The Kier molecular flexibility index (Phi) is 8.61. The average molecular weight is 797 g/mol. The Morgan fingerprint density at radius 3 is 1.75 bits per heavy atom. The number of hydrogen-bond acceptors (Lipinski definition) is 8. The van der Waals surface area contributed by atoms with Crippen molar-refractivity contribution >= 4 is 97.2 Å². The van der Waals surface area contributed by atoms with Gasteiger partial charge in [-0.15, -0.1) is 91.1 Å². The van der Waals surface area contributed by atoms with E-state index in [4.69, 9.17) is 0 Å². The Morgan fingerprint density at radius 1 is 0.529 bits per heavy atom. The van der Waals surface area contributed by atoms with Crippen molar-refractivity contribution in [3.63, 3.8) is 0 Å². The summed E-state index contributed by atoms with van der Waals surface area (Å²) in [5.74, 6) is 14.2. The Morgan fingerprint density at radius 2 is 1.12 bits per heavy atom. The van der Waals surface area contributed by atoms with Crippen LogP contribution in [0.5, 0.6) is 0 Å². The first-order valence-corrected chi connectivity index (χ1v) is 23.0. The molecule has 51 heavy (non-hydrogen) atoms. The topological polar surface area (TPSA) is 0 Å². The molecule has 0 amide bonds. The van der Waals surface area contributed by atoms with Crippen LogP contribution in [0.2, 0.25) is 0 Å². The van der Waals surface area contributed by atoms with Gasteiger partial charge in [0.2, 0.25) is 0 Å². The lowest BCUT2D eigenvalue weighted by Crippen LogP contribution is -2.10. The summed E-state index contributed by atoms with van der Waals surface area (Å²) in [5, 5.41) is 4.67. The van der Waals surface area contributed by atoms with Gasteiger partial charge in [-0.1, -0.05) is 66.2 Å². The van der Waals surface area contributed by atoms with Gasteiger partial charge in [0.15, 0.2) is 0 Å². The smallest absolute Gasteiger partial charge is 0.0779 e. The van der Waals surface area contributed by atoms with Crippen molar-refractivity contribution in [1.82, 2.24) is 0 Å². The zero-order valence-corrected chi connectivity index (χ0v) is 33.2. The zero-order chi connectivity index (χ0) is 33.7. The van der Waals surface area contributed by atoms with E-state index in [2.05, 4.69) is 144 Å². The molecule has 0 spiro atoms. The molecule has 0 bridgehead atoms. The third-order valence-electron chi connectivity index (χ3n) is 8.82. The van der Waals surface area contributed by atoms with Crippen LogP contribution in [0.1, 0.15) is 31.7 Å². The second kappa shape index (κ2) is 13.7. The van der Waals surface area contributed by atoms with Crippen LogP contribution in [0, 0.1) is 23.7 Å². The summed E-state index contributed by atoms with van der Waals surface area (Å²) in [6, 6.07) is 26.3. The summed E-state index contributed by atoms with van der Waals surface area (Å²) in [5.41, 5.74) is 5.10. The predicted octanol–water partition coefficient (Wildman–Crippen LogP) is 14.4. The molecule has 7 aromatic heterocycles. The molecule has 0 N–H and O–H groups in total. The molecule has 2 aliphatic carbocycles. The predicted molar refractivity (Wildman–Crippen MR) is 230 cm³/mol. The zero-order valence-electron chi connectivity index (χ0n) is 26.7. The number of rotatable bonds is 4. The summed E-state index contributed by atoms with van der Waals surface area (Å²) in [6.07, 6.45) is 14.8. The molecule has 244 valence electrons. The van der Waals surface area contributed by atoms with E-state index in [0.29, 0.717) is 11.2 Å². The molecule has 2 atom stereocenters. The van der Waals surface area contributed by atoms with Crippen molar-refractivity contribution in [2.45, 2.75) is 21.8 Å². The molecular weight excluding hydrogens is 773 g/mol. The average Bonchev–Trinajstić information content (AvgIpc) is 4.00. The van der Waals surface area contributed by atoms with Gasteiger partial charge in [-0.05, 0) is 88.6 Å². The van der Waals surface area contributed by atoms with Crippen LogP contribution in [0.25, 0.3) is 45.1 Å². The highest BCUT2D eigenvalue weighted by molar-refractivity contribution is 8.02. The number of thiophene rings is 7. The summed E-state index contributed by atoms with van der Waals surface area (Å²) >= 11 is 14.8. The molecule has 0 nitrogen and oxygen atoms in total. The highest BCUT2D eigenvalue weighted by Gasteiger charge is 2.36. The van der Waals surface area contributed by atoms with Crippen LogP contribution in [-0.4, -0.2) is 5.25 Å². The van der Waals surface area contributed by atoms with Crippen molar-refractivity contribution < 1.29 is 0 Å². The van der Waals surface area contributed by atoms with Gasteiger partial charge in [0.1, 0.15) is 0 Å². The maximum atomic E-state index is 3.48. The molecule has 7 aromatic rings. The van der Waals surface area contributed by atoms with Gasteiger partial charge in [0.05, 0.1) is 14.0 Å². The van der Waals surface area contributed by atoms with E-state index in [1.165, 1.54) is 59.2 Å². The Labute approximate surface area is 329 Å². The van der Waals surface area contributed by atoms with E-state index < -0.39 is 0 Å². The van der Waals surface area contributed by atoms with Crippen LogP contribution >= 0.6 is 91.1 Å². The van der Waals surface area contributed by atoms with Crippen LogP contribution < -0.4 is 0 Å². The molecule has 3 aliphatic rings. The molecule has 0 aromatic carbocycles. The maximum Gasteiger partial charge on any atom is 0.0779 e. The first-order valence-electron chi connectivity index (χ1n) is 16.3. The summed E-state index contributed by atoms with van der Waals surface area (Å²) < 4.78 is 1.46. The second-order valence-corrected chi connectivity index (χ2v) is 20.8. The first-order chi connectivity index (χ1) is 25.2. The molecule has 8 heteroatoms. The number of hydrogen-bond donors (Lipinski definition) is 0. The number of fused-ring (bicyclic) bond motifs is 5. The van der Waals surface area contributed by atoms with Crippen molar-refractivity contribution in [3.8, 4) is 62.7 Å². The van der Waals surface area contributed by atoms with Crippen LogP contribution in [0.15, 0.2) is 129 Å². The minimum absolute atomic E-state index is 0.389. The summed E-state index contributed by atoms with van der Waals surface area (Å²) in [6.45, 7) is 0. The van der Waals surface area contributed by atoms with E-state index in [-0.39, 0.29) is 0 Å². The minimum atomic E-state index is 0.389. The fourth-order valence-electron chi connectivity index (χ4n) is 6.37. The van der Waals surface area contributed by atoms with Gasteiger partial charge in [0.25, 0.3) is 0 Å². The van der Waals surface area contributed by atoms with E-state index in [9.17, 15) is 0 Å². The number of allylic oxidation sites excluding steroid dienone is 6. The molecule has 0 radical (unpaired) electrons. The molecule has 0 saturated carbocycles. The van der Waals surface area contributed by atoms with E-state index in [1.54, 1.807) is 45.3 Å².